The topological polar surface area (TPSA) is 84.5 Å². The zero-order valence-electron chi connectivity index (χ0n) is 12.0. The Hall–Kier alpha value is -1.44. The van der Waals surface area contributed by atoms with Gasteiger partial charge in [0.2, 0.25) is 10.0 Å². The molecule has 1 unspecified atom stereocenters. The van der Waals surface area contributed by atoms with Gasteiger partial charge in [0.1, 0.15) is 0 Å². The lowest BCUT2D eigenvalue weighted by atomic mass is 10.1. The Morgan fingerprint density at radius 3 is 2.81 bits per heavy atom. The van der Waals surface area contributed by atoms with E-state index in [9.17, 15) is 13.2 Å². The van der Waals surface area contributed by atoms with E-state index in [1.807, 2.05) is 0 Å². The van der Waals surface area contributed by atoms with E-state index >= 15 is 0 Å². The van der Waals surface area contributed by atoms with Crippen molar-refractivity contribution < 1.29 is 17.9 Å². The lowest BCUT2D eigenvalue weighted by molar-refractivity contribution is 0.0596. The molecule has 6 nitrogen and oxygen atoms in total. The van der Waals surface area contributed by atoms with Crippen molar-refractivity contribution in [3.8, 4) is 0 Å². The molecule has 2 N–H and O–H groups in total. The van der Waals surface area contributed by atoms with Crippen LogP contribution in [0, 0.1) is 0 Å². The van der Waals surface area contributed by atoms with Crippen LogP contribution in [0.3, 0.4) is 0 Å². The Kier molecular flexibility index (Phi) is 5.33. The minimum atomic E-state index is -3.74. The van der Waals surface area contributed by atoms with Gasteiger partial charge in [0.05, 0.1) is 17.6 Å². The number of rotatable bonds is 4. The molecule has 1 aliphatic heterocycles. The number of methoxy groups -OCH3 is 1. The average molecular weight is 312 g/mol. The van der Waals surface area contributed by atoms with Crippen molar-refractivity contribution in [3.63, 3.8) is 0 Å². The largest absolute Gasteiger partial charge is 0.465 e. The molecule has 21 heavy (non-hydrogen) atoms. The molecule has 0 saturated carbocycles. The number of hydrogen-bond acceptors (Lipinski definition) is 5. The van der Waals surface area contributed by atoms with Crippen molar-refractivity contribution in [1.29, 1.82) is 0 Å². The second kappa shape index (κ2) is 7.02. The minimum Gasteiger partial charge on any atom is -0.465 e. The number of sulfonamides is 1. The van der Waals surface area contributed by atoms with Gasteiger partial charge in [-0.1, -0.05) is 12.1 Å². The van der Waals surface area contributed by atoms with Crippen LogP contribution in [0.4, 0.5) is 0 Å². The third-order valence-corrected chi connectivity index (χ3v) is 5.06. The highest BCUT2D eigenvalue weighted by Crippen LogP contribution is 2.18. The number of benzene rings is 1. The van der Waals surface area contributed by atoms with Crippen molar-refractivity contribution in [2.75, 3.05) is 20.2 Å². The van der Waals surface area contributed by atoms with Crippen LogP contribution in [0.15, 0.2) is 29.2 Å². The lowest BCUT2D eigenvalue weighted by Crippen LogP contribution is -2.36. The van der Waals surface area contributed by atoms with E-state index in [4.69, 9.17) is 0 Å². The number of hydrogen-bond donors (Lipinski definition) is 2. The maximum Gasteiger partial charge on any atom is 0.339 e. The zero-order chi connectivity index (χ0) is 15.3. The first kappa shape index (κ1) is 15.9. The molecular weight excluding hydrogens is 292 g/mol. The molecule has 116 valence electrons. The van der Waals surface area contributed by atoms with Crippen molar-refractivity contribution in [1.82, 2.24) is 10.0 Å². The van der Waals surface area contributed by atoms with Gasteiger partial charge in [-0.25, -0.2) is 17.9 Å². The predicted molar refractivity (Wildman–Crippen MR) is 78.6 cm³/mol. The molecule has 1 saturated heterocycles. The van der Waals surface area contributed by atoms with Crippen LogP contribution in [0.2, 0.25) is 0 Å². The quantitative estimate of drug-likeness (QED) is 0.807. The molecule has 1 aromatic carbocycles. The van der Waals surface area contributed by atoms with Gasteiger partial charge in [-0.15, -0.1) is 0 Å². The summed E-state index contributed by atoms with van der Waals surface area (Å²) in [7, 11) is -2.51. The molecule has 7 heteroatoms. The normalized spacial score (nSPS) is 19.8. The van der Waals surface area contributed by atoms with Gasteiger partial charge in [0, 0.05) is 6.04 Å². The van der Waals surface area contributed by atoms with Crippen molar-refractivity contribution in [2.45, 2.75) is 30.2 Å². The number of ether oxygens (including phenoxy) is 1. The summed E-state index contributed by atoms with van der Waals surface area (Å²) < 4.78 is 32.4. The molecule has 1 fully saturated rings. The fourth-order valence-electron chi connectivity index (χ4n) is 2.40. The summed E-state index contributed by atoms with van der Waals surface area (Å²) in [5.41, 5.74) is 0.0549. The van der Waals surface area contributed by atoms with Crippen LogP contribution in [0.1, 0.15) is 29.6 Å². The zero-order valence-corrected chi connectivity index (χ0v) is 12.8. The first-order chi connectivity index (χ1) is 10.0. The molecule has 0 radical (unpaired) electrons. The molecule has 0 spiro atoms. The highest BCUT2D eigenvalue weighted by molar-refractivity contribution is 7.89. The summed E-state index contributed by atoms with van der Waals surface area (Å²) in [6.07, 6.45) is 2.44. The standard InChI is InChI=1S/C14H20N2O4S/c1-20-14(17)12-6-2-3-7-13(12)21(18,19)16-11-5-4-9-15-10-8-11/h2-3,6-7,11,15-16H,4-5,8-10H2,1H3. The van der Waals surface area contributed by atoms with Crippen LogP contribution in [-0.2, 0) is 14.8 Å². The van der Waals surface area contributed by atoms with Gasteiger partial charge in [0.25, 0.3) is 0 Å². The highest BCUT2D eigenvalue weighted by Gasteiger charge is 2.25. The summed E-state index contributed by atoms with van der Waals surface area (Å²) in [6, 6.07) is 5.96. The highest BCUT2D eigenvalue weighted by atomic mass is 32.2. The smallest absolute Gasteiger partial charge is 0.339 e. The Balaban J connectivity index is 2.25. The third-order valence-electron chi connectivity index (χ3n) is 3.48. The minimum absolute atomic E-state index is 0.0333. The molecule has 0 aliphatic carbocycles. The van der Waals surface area contributed by atoms with Crippen LogP contribution < -0.4 is 10.0 Å². The molecule has 1 heterocycles. The fourth-order valence-corrected chi connectivity index (χ4v) is 3.90. The first-order valence-corrected chi connectivity index (χ1v) is 8.43. The van der Waals surface area contributed by atoms with Gasteiger partial charge in [-0.2, -0.15) is 0 Å². The van der Waals surface area contributed by atoms with Crippen LogP contribution in [-0.4, -0.2) is 40.6 Å². The molecule has 1 aliphatic rings. The summed E-state index contributed by atoms with van der Waals surface area (Å²) in [4.78, 5) is 11.7. The van der Waals surface area contributed by atoms with Gasteiger partial charge >= 0.3 is 5.97 Å². The number of esters is 1. The Morgan fingerprint density at radius 1 is 1.29 bits per heavy atom. The molecule has 0 aromatic heterocycles. The van der Waals surface area contributed by atoms with Crippen LogP contribution in [0.25, 0.3) is 0 Å². The summed E-state index contributed by atoms with van der Waals surface area (Å²) in [5.74, 6) is -0.654. The number of carbonyl (C=O) groups is 1. The fraction of sp³-hybridized carbons (Fsp3) is 0.500. The van der Waals surface area contributed by atoms with E-state index in [0.29, 0.717) is 0 Å². The van der Waals surface area contributed by atoms with E-state index < -0.39 is 16.0 Å². The first-order valence-electron chi connectivity index (χ1n) is 6.95. The SMILES string of the molecule is COC(=O)c1ccccc1S(=O)(=O)NC1CCCNCC1. The van der Waals surface area contributed by atoms with E-state index in [0.717, 1.165) is 32.4 Å². The maximum absolute atomic E-state index is 12.5. The van der Waals surface area contributed by atoms with E-state index in [1.165, 1.54) is 19.2 Å². The van der Waals surface area contributed by atoms with Gasteiger partial charge in [0.15, 0.2) is 0 Å². The second-order valence-corrected chi connectivity index (χ2v) is 6.67. The van der Waals surface area contributed by atoms with Crippen molar-refractivity contribution in [2.24, 2.45) is 0 Å². The third kappa shape index (κ3) is 4.03. The Bertz CT molecular complexity index is 593. The lowest BCUT2D eigenvalue weighted by Gasteiger charge is -2.17. The maximum atomic E-state index is 12.5. The molecule has 0 bridgehead atoms. The molecule has 0 amide bonds. The predicted octanol–water partition coefficient (Wildman–Crippen LogP) is 0.894. The van der Waals surface area contributed by atoms with E-state index in [2.05, 4.69) is 14.8 Å². The molecule has 1 aromatic rings. The van der Waals surface area contributed by atoms with Crippen LogP contribution >= 0.6 is 0 Å². The Morgan fingerprint density at radius 2 is 2.05 bits per heavy atom. The van der Waals surface area contributed by atoms with Gasteiger partial charge in [-0.05, 0) is 44.5 Å². The summed E-state index contributed by atoms with van der Waals surface area (Å²) in [6.45, 7) is 1.68. The molecule has 2 rings (SSSR count). The summed E-state index contributed by atoms with van der Waals surface area (Å²) >= 11 is 0. The van der Waals surface area contributed by atoms with Gasteiger partial charge in [-0.3, -0.25) is 0 Å². The van der Waals surface area contributed by atoms with Crippen LogP contribution in [0.5, 0.6) is 0 Å². The number of nitrogens with one attached hydrogen (secondary N) is 2. The Labute approximate surface area is 124 Å². The van der Waals surface area contributed by atoms with E-state index in [-0.39, 0.29) is 16.5 Å². The van der Waals surface area contributed by atoms with Crippen molar-refractivity contribution >= 4 is 16.0 Å². The second-order valence-electron chi connectivity index (χ2n) is 4.99. The summed E-state index contributed by atoms with van der Waals surface area (Å²) in [5, 5.41) is 3.23. The van der Waals surface area contributed by atoms with E-state index in [1.54, 1.807) is 12.1 Å². The monoisotopic (exact) mass is 312 g/mol. The van der Waals surface area contributed by atoms with Gasteiger partial charge < -0.3 is 10.1 Å². The average Bonchev–Trinajstić information content (AvgIpc) is 2.74. The molecule has 1 atom stereocenters. The van der Waals surface area contributed by atoms with Crippen molar-refractivity contribution in [3.05, 3.63) is 29.8 Å². The molecular formula is C14H20N2O4S. The number of carbonyl (C=O) groups excluding carboxylic acids is 1.